The fourth-order valence-corrected chi connectivity index (χ4v) is 6.55. The van der Waals surface area contributed by atoms with Crippen LogP contribution < -0.4 is 10.2 Å². The summed E-state index contributed by atoms with van der Waals surface area (Å²) in [5, 5.41) is 6.81. The fraction of sp³-hybridized carbons (Fsp3) is 0.654. The van der Waals surface area contributed by atoms with Crippen molar-refractivity contribution in [1.29, 1.82) is 0 Å². The van der Waals surface area contributed by atoms with E-state index < -0.39 is 23.7 Å². The highest BCUT2D eigenvalue weighted by Crippen LogP contribution is 2.37. The van der Waals surface area contributed by atoms with Gasteiger partial charge in [-0.3, -0.25) is 19.3 Å². The molecule has 0 aromatic heterocycles. The van der Waals surface area contributed by atoms with Crippen LogP contribution >= 0.6 is 0 Å². The Morgan fingerprint density at radius 3 is 2.43 bits per heavy atom. The number of rotatable bonds is 6. The molecule has 2 amide bonds. The van der Waals surface area contributed by atoms with Crippen LogP contribution in [-0.2, 0) is 14.3 Å². The molecule has 0 spiro atoms. The number of anilines is 1. The first-order valence-corrected chi connectivity index (χ1v) is 13.4. The summed E-state index contributed by atoms with van der Waals surface area (Å²) in [6.45, 7) is 4.13. The largest absolute Gasteiger partial charge is 0.369 e. The lowest BCUT2D eigenvalue weighted by molar-refractivity contribution is -0.142. The van der Waals surface area contributed by atoms with E-state index in [2.05, 4.69) is 25.1 Å². The summed E-state index contributed by atoms with van der Waals surface area (Å²) >= 11 is 0. The quantitative estimate of drug-likeness (QED) is 0.355. The lowest BCUT2D eigenvalue weighted by Gasteiger charge is -2.36. The molecule has 196 valence electrons. The number of fused-ring (bicyclic) bond motifs is 1. The zero-order valence-corrected chi connectivity index (χ0v) is 20.9. The predicted molar refractivity (Wildman–Crippen MR) is 135 cm³/mol. The highest BCUT2D eigenvalue weighted by atomic mass is 16.5. The predicted octanol–water partition coefficient (Wildman–Crippen LogP) is 1.87. The molecule has 2 aliphatic carbocycles. The van der Waals surface area contributed by atoms with Gasteiger partial charge in [0.05, 0.1) is 12.1 Å². The van der Waals surface area contributed by atoms with E-state index in [1.165, 1.54) is 17.7 Å². The number of benzene rings is 1. The van der Waals surface area contributed by atoms with Crippen molar-refractivity contribution in [3.05, 3.63) is 40.3 Å². The van der Waals surface area contributed by atoms with Gasteiger partial charge in [0.2, 0.25) is 5.91 Å². The van der Waals surface area contributed by atoms with E-state index in [1.54, 1.807) is 0 Å². The van der Waals surface area contributed by atoms with Gasteiger partial charge < -0.3 is 19.9 Å². The molecule has 3 saturated heterocycles. The Balaban J connectivity index is 1.15. The molecular formula is C26H33N7O4. The minimum Gasteiger partial charge on any atom is -0.369 e. The van der Waals surface area contributed by atoms with Crippen LogP contribution in [0.5, 0.6) is 0 Å². The van der Waals surface area contributed by atoms with Gasteiger partial charge in [-0.2, -0.15) is 0 Å². The number of nitrogens with zero attached hydrogens (tertiary/aromatic N) is 6. The van der Waals surface area contributed by atoms with Crippen molar-refractivity contribution in [2.75, 3.05) is 44.2 Å². The third-order valence-corrected chi connectivity index (χ3v) is 8.71. The summed E-state index contributed by atoms with van der Waals surface area (Å²) in [5.41, 5.74) is 9.47. The van der Waals surface area contributed by atoms with E-state index >= 15 is 0 Å². The average Bonchev–Trinajstić information content (AvgIpc) is 3.38. The second-order valence-electron chi connectivity index (χ2n) is 11.0. The average molecular weight is 508 g/mol. The van der Waals surface area contributed by atoms with Crippen LogP contribution in [0.3, 0.4) is 0 Å². The molecule has 3 heterocycles. The summed E-state index contributed by atoms with van der Waals surface area (Å²) in [7, 11) is 0. The van der Waals surface area contributed by atoms with E-state index in [9.17, 15) is 14.4 Å². The first-order chi connectivity index (χ1) is 18.0. The second-order valence-corrected chi connectivity index (χ2v) is 11.0. The number of hydrogen-bond donors (Lipinski definition) is 1. The summed E-state index contributed by atoms with van der Waals surface area (Å²) in [6.07, 6.45) is 4.66. The Kier molecular flexibility index (Phi) is 6.30. The Hall–Kier alpha value is -3.14. The zero-order chi connectivity index (χ0) is 25.6. The van der Waals surface area contributed by atoms with Crippen LogP contribution in [0.4, 0.5) is 5.69 Å². The number of likely N-dealkylation sites (tertiary alicyclic amines) is 1. The number of ketones is 1. The Labute approximate surface area is 215 Å². The molecule has 6 rings (SSSR count). The van der Waals surface area contributed by atoms with Crippen LogP contribution in [-0.4, -0.2) is 96.5 Å². The van der Waals surface area contributed by atoms with Crippen LogP contribution in [0.25, 0.3) is 10.4 Å². The summed E-state index contributed by atoms with van der Waals surface area (Å²) < 4.78 is 5.56. The molecule has 11 nitrogen and oxygen atoms in total. The van der Waals surface area contributed by atoms with Gasteiger partial charge in [-0.1, -0.05) is 18.0 Å². The molecule has 11 heteroatoms. The van der Waals surface area contributed by atoms with Crippen LogP contribution in [0.2, 0.25) is 0 Å². The number of piperazine rings is 1. The second kappa shape index (κ2) is 9.63. The standard InChI is InChI=1S/C26H33N7O4/c27-30-29-20-15-33(22-21(34)16-37-23(20)22)25(36)26(9-1-2-10-26)28-24(35)17-3-5-18(6-4-17)31-11-13-32(14-12-31)19-7-8-19/h3-6,19-20,22-23H,1-2,7-16H2,(H,28,35)/t20-,22+,23+/m0/s1. The number of carbonyl (C=O) groups excluding carboxylic acids is 3. The molecule has 0 radical (unpaired) electrons. The Bertz CT molecular complexity index is 1120. The van der Waals surface area contributed by atoms with E-state index in [0.717, 1.165) is 50.7 Å². The number of hydrogen-bond acceptors (Lipinski definition) is 7. The maximum atomic E-state index is 13.9. The van der Waals surface area contributed by atoms with Crippen LogP contribution in [0.15, 0.2) is 29.4 Å². The normalized spacial score (nSPS) is 29.2. The molecule has 1 aromatic carbocycles. The van der Waals surface area contributed by atoms with Gasteiger partial charge in [-0.05, 0) is 55.5 Å². The molecule has 0 unspecified atom stereocenters. The SMILES string of the molecule is [N-]=[N+]=N[C@H]1CN(C(=O)C2(NC(=O)c3ccc(N4CCN(C5CC5)CC4)cc3)CCCC2)[C@@H]2C(=O)CO[C@H]12. The van der Waals surface area contributed by atoms with Gasteiger partial charge in [-0.15, -0.1) is 0 Å². The summed E-state index contributed by atoms with van der Waals surface area (Å²) in [4.78, 5) is 49.0. The van der Waals surface area contributed by atoms with Crippen molar-refractivity contribution in [3.8, 4) is 0 Å². The molecule has 37 heavy (non-hydrogen) atoms. The van der Waals surface area contributed by atoms with Gasteiger partial charge in [0.25, 0.3) is 5.91 Å². The highest BCUT2D eigenvalue weighted by molar-refractivity contribution is 6.01. The zero-order valence-electron chi connectivity index (χ0n) is 20.9. The molecule has 1 N–H and O–H groups in total. The van der Waals surface area contributed by atoms with Gasteiger partial charge in [0.1, 0.15) is 18.2 Å². The first kappa shape index (κ1) is 24.2. The van der Waals surface area contributed by atoms with Crippen molar-refractivity contribution < 1.29 is 19.1 Å². The molecule has 5 aliphatic rings. The molecule has 2 saturated carbocycles. The van der Waals surface area contributed by atoms with Crippen molar-refractivity contribution in [1.82, 2.24) is 15.1 Å². The maximum Gasteiger partial charge on any atom is 0.252 e. The molecule has 3 aliphatic heterocycles. The molecule has 0 bridgehead atoms. The lowest BCUT2D eigenvalue weighted by atomic mass is 9.93. The van der Waals surface area contributed by atoms with Crippen molar-refractivity contribution in [3.63, 3.8) is 0 Å². The maximum absolute atomic E-state index is 13.9. The molecule has 5 fully saturated rings. The topological polar surface area (TPSA) is 131 Å². The first-order valence-electron chi connectivity index (χ1n) is 13.4. The van der Waals surface area contributed by atoms with E-state index in [0.29, 0.717) is 18.4 Å². The molecule has 3 atom stereocenters. The van der Waals surface area contributed by atoms with Crippen LogP contribution in [0, 0.1) is 0 Å². The van der Waals surface area contributed by atoms with Gasteiger partial charge in [-0.25, -0.2) is 0 Å². The van der Waals surface area contributed by atoms with Crippen molar-refractivity contribution >= 4 is 23.3 Å². The molecular weight excluding hydrogens is 474 g/mol. The van der Waals surface area contributed by atoms with Gasteiger partial charge in [0.15, 0.2) is 5.78 Å². The third-order valence-electron chi connectivity index (χ3n) is 8.71. The summed E-state index contributed by atoms with van der Waals surface area (Å²) in [5.74, 6) is -0.772. The van der Waals surface area contributed by atoms with Crippen molar-refractivity contribution in [2.24, 2.45) is 5.11 Å². The number of azide groups is 1. The number of carbonyl (C=O) groups is 3. The smallest absolute Gasteiger partial charge is 0.252 e. The molecule has 1 aromatic rings. The third kappa shape index (κ3) is 4.45. The Morgan fingerprint density at radius 2 is 1.78 bits per heavy atom. The number of nitrogens with one attached hydrogen (secondary N) is 1. The van der Waals surface area contributed by atoms with Crippen LogP contribution in [0.1, 0.15) is 48.9 Å². The Morgan fingerprint density at radius 1 is 1.08 bits per heavy atom. The minimum absolute atomic E-state index is 0.0993. The number of Topliss-reactive ketones (excluding diaryl/α,β-unsaturated/α-hetero) is 1. The van der Waals surface area contributed by atoms with Gasteiger partial charge >= 0.3 is 0 Å². The number of ether oxygens (including phenoxy) is 1. The van der Waals surface area contributed by atoms with Gasteiger partial charge in [0, 0.05) is 54.9 Å². The van der Waals surface area contributed by atoms with E-state index in [-0.39, 0.29) is 30.7 Å². The lowest BCUT2D eigenvalue weighted by Crippen LogP contribution is -2.60. The monoisotopic (exact) mass is 507 g/mol. The highest BCUT2D eigenvalue weighted by Gasteiger charge is 2.56. The van der Waals surface area contributed by atoms with E-state index in [1.807, 2.05) is 24.3 Å². The van der Waals surface area contributed by atoms with E-state index in [4.69, 9.17) is 10.3 Å². The number of amides is 2. The fourth-order valence-electron chi connectivity index (χ4n) is 6.55. The summed E-state index contributed by atoms with van der Waals surface area (Å²) in [6, 6.07) is 7.01. The minimum atomic E-state index is -1.08. The van der Waals surface area contributed by atoms with Crippen molar-refractivity contribution in [2.45, 2.75) is 68.3 Å².